The van der Waals surface area contributed by atoms with Gasteiger partial charge in [0.05, 0.1) is 23.7 Å². The number of aromatic amines is 1. The Morgan fingerprint density at radius 3 is 1.75 bits per heavy atom. The number of hydrogen-bond donors (Lipinski definition) is 9. The molecule has 4 atom stereocenters. The number of guanidine groups is 2. The number of rotatable bonds is 20. The molecule has 4 aromatic rings. The summed E-state index contributed by atoms with van der Waals surface area (Å²) in [5, 5.41) is 11.1. The molecular weight excluding hydrogens is 717 g/mol. The highest BCUT2D eigenvalue weighted by Crippen LogP contribution is 2.16. The molecule has 4 amide bonds. The van der Waals surface area contributed by atoms with Crippen LogP contribution in [0.1, 0.15) is 53.4 Å². The summed E-state index contributed by atoms with van der Waals surface area (Å²) in [6, 6.07) is 17.6. The van der Waals surface area contributed by atoms with Crippen LogP contribution in [-0.4, -0.2) is 76.0 Å². The van der Waals surface area contributed by atoms with Crippen LogP contribution < -0.4 is 44.2 Å². The Labute approximate surface area is 324 Å². The predicted molar refractivity (Wildman–Crippen MR) is 213 cm³/mol. The number of nitrogens with one attached hydrogen (secondary N) is 5. The van der Waals surface area contributed by atoms with Gasteiger partial charge in [0.25, 0.3) is 5.91 Å². The number of nitrogens with two attached hydrogens (primary N) is 4. The number of benzene rings is 3. The maximum atomic E-state index is 14.1. The van der Waals surface area contributed by atoms with Crippen LogP contribution >= 0.6 is 0 Å². The number of aliphatic imine (C=N–C) groups is 2. The number of imidazole rings is 1. The van der Waals surface area contributed by atoms with E-state index in [1.54, 1.807) is 78.9 Å². The minimum absolute atomic E-state index is 0.00452. The van der Waals surface area contributed by atoms with E-state index >= 15 is 0 Å². The van der Waals surface area contributed by atoms with Gasteiger partial charge in [-0.05, 0) is 60.4 Å². The Morgan fingerprint density at radius 2 is 1.23 bits per heavy atom. The molecule has 0 saturated carbocycles. The van der Waals surface area contributed by atoms with Crippen molar-refractivity contribution in [2.75, 3.05) is 0 Å². The van der Waals surface area contributed by atoms with Crippen LogP contribution in [0, 0.1) is 0 Å². The third kappa shape index (κ3) is 13.4. The van der Waals surface area contributed by atoms with Crippen molar-refractivity contribution >= 4 is 53.2 Å². The van der Waals surface area contributed by atoms with Gasteiger partial charge in [-0.1, -0.05) is 62.2 Å². The van der Waals surface area contributed by atoms with E-state index in [1.807, 2.05) is 6.92 Å². The third-order valence-electron chi connectivity index (χ3n) is 8.53. The maximum Gasteiger partial charge on any atom is 0.251 e. The van der Waals surface area contributed by atoms with Crippen LogP contribution in [0.3, 0.4) is 0 Å². The molecule has 17 heteroatoms. The van der Waals surface area contributed by atoms with Gasteiger partial charge in [-0.3, -0.25) is 19.2 Å². The normalized spacial score (nSPS) is 12.8. The van der Waals surface area contributed by atoms with Gasteiger partial charge < -0.3 is 54.0 Å². The molecule has 1 aromatic heterocycles. The standard InChI is InChI=1S/C39H48N12O5/c1-2-3-9-31(49-34(53)26-7-5-4-6-8-26)35(54)51-33(20-29-21-44-23-45-29)37(56)50-32(19-25-12-16-28(17-13-25)48-39(42)43)36(55)46-30(22-52)18-24-10-14-27(15-11-24)47-38(40)41/h4-8,10-17,21-23,30-33H,2-3,9,18-20H2,1H3,(H,44,45)(H,46,55)(H,49,53)(H,50,56)(H,51,54)(H4,40,41,47)(H4,42,43,48)/t30-,31-,32-,33-/m0/s1. The first-order chi connectivity index (χ1) is 26.9. The molecule has 1 heterocycles. The van der Waals surface area contributed by atoms with Crippen molar-refractivity contribution in [1.29, 1.82) is 0 Å². The zero-order valence-electron chi connectivity index (χ0n) is 31.0. The molecule has 3 aromatic carbocycles. The first-order valence-electron chi connectivity index (χ1n) is 18.0. The van der Waals surface area contributed by atoms with Crippen LogP contribution in [-0.2, 0) is 38.4 Å². The zero-order valence-corrected chi connectivity index (χ0v) is 31.0. The lowest BCUT2D eigenvalue weighted by molar-refractivity contribution is -0.133. The number of H-pyrrole nitrogens is 1. The SMILES string of the molecule is CCCC[C@H](NC(=O)c1ccccc1)C(=O)N[C@@H](Cc1cnc[nH]1)C(=O)N[C@@H](Cc1ccc(N=C(N)N)cc1)C(=O)N[C@H](C=O)Cc1ccc(N=C(N)N)cc1. The summed E-state index contributed by atoms with van der Waals surface area (Å²) in [5.74, 6) is -2.59. The third-order valence-corrected chi connectivity index (χ3v) is 8.53. The van der Waals surface area contributed by atoms with Crippen LogP contribution in [0.4, 0.5) is 11.4 Å². The average molecular weight is 765 g/mol. The van der Waals surface area contributed by atoms with Crippen LogP contribution in [0.25, 0.3) is 0 Å². The number of carbonyl (C=O) groups is 5. The van der Waals surface area contributed by atoms with Gasteiger partial charge in [0.15, 0.2) is 11.9 Å². The summed E-state index contributed by atoms with van der Waals surface area (Å²) in [6.07, 6.45) is 5.39. The Hall–Kier alpha value is -7.04. The Balaban J connectivity index is 1.58. The average Bonchev–Trinajstić information content (AvgIpc) is 3.70. The molecule has 56 heavy (non-hydrogen) atoms. The fourth-order valence-corrected chi connectivity index (χ4v) is 5.70. The second-order valence-corrected chi connectivity index (χ2v) is 13.0. The van der Waals surface area contributed by atoms with Gasteiger partial charge in [0.1, 0.15) is 24.4 Å². The molecule has 0 saturated heterocycles. The van der Waals surface area contributed by atoms with Gasteiger partial charge in [0, 0.05) is 30.3 Å². The van der Waals surface area contributed by atoms with E-state index in [0.29, 0.717) is 52.9 Å². The van der Waals surface area contributed by atoms with Crippen molar-refractivity contribution < 1.29 is 24.0 Å². The van der Waals surface area contributed by atoms with E-state index in [-0.39, 0.29) is 31.2 Å². The monoisotopic (exact) mass is 764 g/mol. The minimum atomic E-state index is -1.21. The number of unbranched alkanes of at least 4 members (excludes halogenated alkanes) is 1. The summed E-state index contributed by atoms with van der Waals surface area (Å²) in [7, 11) is 0. The topological polar surface area (TPSA) is 291 Å². The molecule has 4 rings (SSSR count). The second kappa shape index (κ2) is 21.0. The molecule has 0 spiro atoms. The van der Waals surface area contributed by atoms with Crippen molar-refractivity contribution in [2.24, 2.45) is 32.9 Å². The van der Waals surface area contributed by atoms with E-state index in [4.69, 9.17) is 22.9 Å². The fraction of sp³-hybridized carbons (Fsp3) is 0.282. The molecule has 0 aliphatic rings. The number of hydrogen-bond acceptors (Lipinski definition) is 8. The fourth-order valence-electron chi connectivity index (χ4n) is 5.70. The minimum Gasteiger partial charge on any atom is -0.370 e. The lowest BCUT2D eigenvalue weighted by atomic mass is 10.0. The quantitative estimate of drug-likeness (QED) is 0.0348. The summed E-state index contributed by atoms with van der Waals surface area (Å²) in [5.41, 5.74) is 25.2. The van der Waals surface area contributed by atoms with Crippen LogP contribution in [0.5, 0.6) is 0 Å². The highest BCUT2D eigenvalue weighted by Gasteiger charge is 2.31. The highest BCUT2D eigenvalue weighted by molar-refractivity contribution is 5.99. The van der Waals surface area contributed by atoms with Gasteiger partial charge in [-0.15, -0.1) is 0 Å². The van der Waals surface area contributed by atoms with Crippen molar-refractivity contribution in [2.45, 2.75) is 69.6 Å². The van der Waals surface area contributed by atoms with E-state index in [0.717, 1.165) is 6.42 Å². The van der Waals surface area contributed by atoms with E-state index in [2.05, 4.69) is 41.2 Å². The van der Waals surface area contributed by atoms with E-state index < -0.39 is 47.8 Å². The lowest BCUT2D eigenvalue weighted by Gasteiger charge is -2.26. The molecule has 294 valence electrons. The smallest absolute Gasteiger partial charge is 0.251 e. The molecule has 0 aliphatic carbocycles. The number of aromatic nitrogens is 2. The zero-order chi connectivity index (χ0) is 40.5. The molecule has 0 unspecified atom stereocenters. The van der Waals surface area contributed by atoms with E-state index in [9.17, 15) is 24.0 Å². The molecule has 0 aliphatic heterocycles. The van der Waals surface area contributed by atoms with Gasteiger partial charge in [-0.25, -0.2) is 15.0 Å². The van der Waals surface area contributed by atoms with Crippen LogP contribution in [0.2, 0.25) is 0 Å². The van der Waals surface area contributed by atoms with Crippen molar-refractivity contribution in [3.63, 3.8) is 0 Å². The molecule has 13 N–H and O–H groups in total. The molecule has 0 bridgehead atoms. The first-order valence-corrected chi connectivity index (χ1v) is 18.0. The molecule has 17 nitrogen and oxygen atoms in total. The number of carbonyl (C=O) groups excluding carboxylic acids is 5. The Bertz CT molecular complexity index is 1960. The molecular formula is C39H48N12O5. The number of amides is 4. The van der Waals surface area contributed by atoms with Gasteiger partial charge >= 0.3 is 0 Å². The molecule has 0 radical (unpaired) electrons. The highest BCUT2D eigenvalue weighted by atomic mass is 16.2. The second-order valence-electron chi connectivity index (χ2n) is 13.0. The first kappa shape index (κ1) is 41.7. The Morgan fingerprint density at radius 1 is 0.696 bits per heavy atom. The summed E-state index contributed by atoms with van der Waals surface area (Å²) >= 11 is 0. The number of aldehydes is 1. The van der Waals surface area contributed by atoms with Crippen molar-refractivity contribution in [3.8, 4) is 0 Å². The van der Waals surface area contributed by atoms with Crippen molar-refractivity contribution in [1.82, 2.24) is 31.2 Å². The number of nitrogens with zero attached hydrogens (tertiary/aromatic N) is 3. The van der Waals surface area contributed by atoms with Gasteiger partial charge in [-0.2, -0.15) is 0 Å². The summed E-state index contributed by atoms with van der Waals surface area (Å²) in [4.78, 5) is 82.2. The largest absolute Gasteiger partial charge is 0.370 e. The predicted octanol–water partition coefficient (Wildman–Crippen LogP) is 0.890. The Kier molecular flexibility index (Phi) is 15.6. The lowest BCUT2D eigenvalue weighted by Crippen LogP contribution is -2.58. The van der Waals surface area contributed by atoms with Crippen LogP contribution in [0.15, 0.2) is 101 Å². The van der Waals surface area contributed by atoms with Crippen molar-refractivity contribution in [3.05, 3.63) is 114 Å². The summed E-state index contributed by atoms with van der Waals surface area (Å²) < 4.78 is 0. The van der Waals surface area contributed by atoms with Gasteiger partial charge in [0.2, 0.25) is 17.7 Å². The molecule has 0 fully saturated rings. The van der Waals surface area contributed by atoms with E-state index in [1.165, 1.54) is 12.5 Å². The maximum absolute atomic E-state index is 14.1. The summed E-state index contributed by atoms with van der Waals surface area (Å²) in [6.45, 7) is 1.96.